The Labute approximate surface area is 123 Å². The Bertz CT molecular complexity index is 274. The Morgan fingerprint density at radius 3 is 2.10 bits per heavy atom. The van der Waals surface area contributed by atoms with Gasteiger partial charge in [-0.25, -0.2) is 0 Å². The van der Waals surface area contributed by atoms with Crippen LogP contribution in [-0.4, -0.2) is 47.9 Å². The van der Waals surface area contributed by atoms with Crippen LogP contribution in [0.4, 0.5) is 0 Å². The third-order valence-corrected chi connectivity index (χ3v) is 6.00. The summed E-state index contributed by atoms with van der Waals surface area (Å²) in [5.74, 6) is 0.955. The highest BCUT2D eigenvalue weighted by Crippen LogP contribution is 2.22. The van der Waals surface area contributed by atoms with Crippen LogP contribution in [-0.2, 0) is 22.8 Å². The molecule has 1 saturated heterocycles. The topological polar surface area (TPSA) is 49.5 Å². The molecule has 0 aromatic heterocycles. The summed E-state index contributed by atoms with van der Waals surface area (Å²) in [4.78, 5) is 0. The summed E-state index contributed by atoms with van der Waals surface area (Å²) in [7, 11) is -2.57. The largest absolute Gasteiger partial charge is 0.501 e. The normalized spacial score (nSPS) is 19.2. The number of ether oxygens (including phenoxy) is 2. The molecule has 1 aliphatic heterocycles. The van der Waals surface area contributed by atoms with Crippen LogP contribution in [0.3, 0.4) is 0 Å². The molecular weight excluding hydrogens is 276 g/mol. The molecule has 1 unspecified atom stereocenters. The van der Waals surface area contributed by atoms with Crippen LogP contribution in [0.5, 0.6) is 0 Å². The fourth-order valence-corrected chi connectivity index (χ4v) is 4.50. The molecule has 6 heteroatoms. The molecule has 0 spiro atoms. The molecule has 118 valence electrons. The highest BCUT2D eigenvalue weighted by molar-refractivity contribution is 6.60. The summed E-state index contributed by atoms with van der Waals surface area (Å²) in [5.41, 5.74) is 0. The van der Waals surface area contributed by atoms with E-state index in [1.165, 1.54) is 0 Å². The molecule has 1 atom stereocenters. The average Bonchev–Trinajstić information content (AvgIpc) is 3.24. The fourth-order valence-electron chi connectivity index (χ4n) is 1.94. The van der Waals surface area contributed by atoms with E-state index in [-0.39, 0.29) is 6.10 Å². The van der Waals surface area contributed by atoms with Crippen molar-refractivity contribution in [3.63, 3.8) is 0 Å². The highest BCUT2D eigenvalue weighted by atomic mass is 28.4. The van der Waals surface area contributed by atoms with Crippen molar-refractivity contribution < 1.29 is 22.8 Å². The lowest BCUT2D eigenvalue weighted by Crippen LogP contribution is -2.46. The standard InChI is InChI=1S/C14H28O5Si/c1-5-13(15-11-14-12-16-14)9-10-20(17-6-2,18-7-3)19-8-4/h5,14H,6-12H2,1-4H3/b13-5+. The first-order valence-corrected chi connectivity index (χ1v) is 9.44. The minimum atomic E-state index is -2.57. The Morgan fingerprint density at radius 1 is 1.15 bits per heavy atom. The molecule has 1 aliphatic rings. The molecule has 20 heavy (non-hydrogen) atoms. The second-order valence-corrected chi connectivity index (χ2v) is 7.24. The quantitative estimate of drug-likeness (QED) is 0.315. The SMILES string of the molecule is C/C=C(\CC[Si](OCC)(OCC)OCC)OCC1CO1. The van der Waals surface area contributed by atoms with Crippen LogP contribution in [0.2, 0.25) is 6.04 Å². The van der Waals surface area contributed by atoms with E-state index in [2.05, 4.69) is 0 Å². The fraction of sp³-hybridized carbons (Fsp3) is 0.857. The van der Waals surface area contributed by atoms with Gasteiger partial charge in [0.15, 0.2) is 0 Å². The molecular formula is C14H28O5Si. The maximum atomic E-state index is 5.83. The van der Waals surface area contributed by atoms with E-state index in [1.54, 1.807) is 0 Å². The minimum Gasteiger partial charge on any atom is -0.495 e. The van der Waals surface area contributed by atoms with E-state index in [0.29, 0.717) is 26.4 Å². The molecule has 0 aliphatic carbocycles. The molecule has 0 aromatic rings. The maximum absolute atomic E-state index is 5.83. The number of epoxide rings is 1. The zero-order valence-corrected chi connectivity index (χ0v) is 14.1. The van der Waals surface area contributed by atoms with Gasteiger partial charge in [0.1, 0.15) is 12.7 Å². The van der Waals surface area contributed by atoms with Crippen LogP contribution < -0.4 is 0 Å². The van der Waals surface area contributed by atoms with E-state index in [4.69, 9.17) is 22.8 Å². The molecule has 0 aromatic carbocycles. The maximum Gasteiger partial charge on any atom is 0.501 e. The Morgan fingerprint density at radius 2 is 1.70 bits per heavy atom. The van der Waals surface area contributed by atoms with E-state index in [9.17, 15) is 0 Å². The lowest BCUT2D eigenvalue weighted by molar-refractivity contribution is 0.0695. The van der Waals surface area contributed by atoms with Crippen molar-refractivity contribution in [2.45, 2.75) is 46.3 Å². The van der Waals surface area contributed by atoms with Crippen LogP contribution in [0.25, 0.3) is 0 Å². The minimum absolute atomic E-state index is 0.276. The molecule has 1 rings (SSSR count). The number of hydrogen-bond donors (Lipinski definition) is 0. The molecule has 0 N–H and O–H groups in total. The summed E-state index contributed by atoms with van der Waals surface area (Å²) in [5, 5.41) is 0. The lowest BCUT2D eigenvalue weighted by atomic mass is 10.3. The van der Waals surface area contributed by atoms with Gasteiger partial charge in [0.2, 0.25) is 0 Å². The van der Waals surface area contributed by atoms with Crippen LogP contribution in [0.15, 0.2) is 11.8 Å². The van der Waals surface area contributed by atoms with Crippen molar-refractivity contribution >= 4 is 8.80 Å². The lowest BCUT2D eigenvalue weighted by Gasteiger charge is -2.28. The molecule has 1 heterocycles. The van der Waals surface area contributed by atoms with Gasteiger partial charge < -0.3 is 22.8 Å². The summed E-state index contributed by atoms with van der Waals surface area (Å²) in [6.07, 6.45) is 3.04. The third kappa shape index (κ3) is 6.36. The number of rotatable bonds is 12. The third-order valence-electron chi connectivity index (χ3n) is 2.95. The monoisotopic (exact) mass is 304 g/mol. The van der Waals surface area contributed by atoms with Crippen LogP contribution in [0, 0.1) is 0 Å². The van der Waals surface area contributed by atoms with Crippen molar-refractivity contribution in [3.05, 3.63) is 11.8 Å². The van der Waals surface area contributed by atoms with Gasteiger partial charge in [0, 0.05) is 32.3 Å². The number of hydrogen-bond acceptors (Lipinski definition) is 5. The van der Waals surface area contributed by atoms with Gasteiger partial charge in [0.25, 0.3) is 0 Å². The van der Waals surface area contributed by atoms with Crippen molar-refractivity contribution in [2.75, 3.05) is 33.0 Å². The summed E-state index contributed by atoms with van der Waals surface area (Å²) in [6.45, 7) is 11.1. The predicted molar refractivity (Wildman–Crippen MR) is 79.5 cm³/mol. The van der Waals surface area contributed by atoms with E-state index in [0.717, 1.165) is 24.8 Å². The van der Waals surface area contributed by atoms with E-state index in [1.807, 2.05) is 33.8 Å². The molecule has 0 saturated carbocycles. The first-order valence-electron chi connectivity index (χ1n) is 7.51. The first kappa shape index (κ1) is 17.6. The second-order valence-electron chi connectivity index (χ2n) is 4.50. The zero-order valence-electron chi connectivity index (χ0n) is 13.1. The van der Waals surface area contributed by atoms with Gasteiger partial charge in [-0.1, -0.05) is 0 Å². The van der Waals surface area contributed by atoms with Gasteiger partial charge in [-0.3, -0.25) is 0 Å². The Balaban J connectivity index is 2.48. The van der Waals surface area contributed by atoms with Crippen molar-refractivity contribution in [2.24, 2.45) is 0 Å². The Hall–Kier alpha value is -0.403. The van der Waals surface area contributed by atoms with Gasteiger partial charge in [-0.2, -0.15) is 0 Å². The first-order chi connectivity index (χ1) is 9.69. The van der Waals surface area contributed by atoms with Gasteiger partial charge in [-0.05, 0) is 33.8 Å². The van der Waals surface area contributed by atoms with Gasteiger partial charge in [0.05, 0.1) is 12.4 Å². The molecule has 0 bridgehead atoms. The summed E-state index contributed by atoms with van der Waals surface area (Å²) < 4.78 is 28.4. The molecule has 5 nitrogen and oxygen atoms in total. The highest BCUT2D eigenvalue weighted by Gasteiger charge is 2.40. The van der Waals surface area contributed by atoms with Crippen molar-refractivity contribution in [1.82, 2.24) is 0 Å². The molecule has 0 amide bonds. The van der Waals surface area contributed by atoms with Crippen LogP contribution in [0.1, 0.15) is 34.1 Å². The average molecular weight is 304 g/mol. The van der Waals surface area contributed by atoms with E-state index >= 15 is 0 Å². The smallest absolute Gasteiger partial charge is 0.495 e. The summed E-state index contributed by atoms with van der Waals surface area (Å²) in [6, 6.07) is 0.744. The zero-order chi connectivity index (χ0) is 14.8. The van der Waals surface area contributed by atoms with Crippen molar-refractivity contribution in [3.8, 4) is 0 Å². The predicted octanol–water partition coefficient (Wildman–Crippen LogP) is 2.74. The molecule has 0 radical (unpaired) electrons. The Kier molecular flexibility index (Phi) is 8.40. The number of allylic oxidation sites excluding steroid dienone is 2. The molecule has 1 fully saturated rings. The van der Waals surface area contributed by atoms with Crippen molar-refractivity contribution in [1.29, 1.82) is 0 Å². The second kappa shape index (κ2) is 9.52. The summed E-state index contributed by atoms with van der Waals surface area (Å²) >= 11 is 0. The van der Waals surface area contributed by atoms with Crippen LogP contribution >= 0.6 is 0 Å². The van der Waals surface area contributed by atoms with E-state index < -0.39 is 8.80 Å². The van der Waals surface area contributed by atoms with Gasteiger partial charge >= 0.3 is 8.80 Å². The van der Waals surface area contributed by atoms with Gasteiger partial charge in [-0.15, -0.1) is 0 Å².